The molecule has 6 nitrogen and oxygen atoms in total. The predicted octanol–water partition coefficient (Wildman–Crippen LogP) is 0.520. The number of oxime groups is 1. The van der Waals surface area contributed by atoms with Gasteiger partial charge in [-0.1, -0.05) is 23.4 Å². The number of para-hydroxylation sites is 1. The third-order valence-electron chi connectivity index (χ3n) is 3.19. The highest BCUT2D eigenvalue weighted by Crippen LogP contribution is 2.33. The van der Waals surface area contributed by atoms with Gasteiger partial charge in [0.1, 0.15) is 11.6 Å². The van der Waals surface area contributed by atoms with E-state index in [4.69, 9.17) is 4.84 Å². The van der Waals surface area contributed by atoms with Gasteiger partial charge in [-0.15, -0.1) is 0 Å². The van der Waals surface area contributed by atoms with Crippen LogP contribution < -0.4 is 4.90 Å². The average molecular weight is 258 g/mol. The second kappa shape index (κ2) is 4.01. The molecular formula is C13H10N2O4. The van der Waals surface area contributed by atoms with E-state index in [0.29, 0.717) is 5.69 Å². The first-order chi connectivity index (χ1) is 9.11. The van der Waals surface area contributed by atoms with Gasteiger partial charge in [0.15, 0.2) is 5.78 Å². The number of hydrogen-bond donors (Lipinski definition) is 0. The van der Waals surface area contributed by atoms with Crippen molar-refractivity contribution in [3.8, 4) is 0 Å². The highest BCUT2D eigenvalue weighted by atomic mass is 16.7. The highest BCUT2D eigenvalue weighted by molar-refractivity contribution is 6.47. The fourth-order valence-corrected chi connectivity index (χ4v) is 2.30. The predicted molar refractivity (Wildman–Crippen MR) is 65.4 cm³/mol. The van der Waals surface area contributed by atoms with E-state index in [1.54, 1.807) is 30.3 Å². The number of ketones is 1. The Morgan fingerprint density at radius 2 is 1.89 bits per heavy atom. The molecule has 2 atom stereocenters. The van der Waals surface area contributed by atoms with Crippen molar-refractivity contribution in [1.82, 2.24) is 0 Å². The van der Waals surface area contributed by atoms with Crippen molar-refractivity contribution in [3.05, 3.63) is 30.3 Å². The molecule has 3 rings (SSSR count). The van der Waals surface area contributed by atoms with Crippen molar-refractivity contribution in [1.29, 1.82) is 0 Å². The lowest BCUT2D eigenvalue weighted by atomic mass is 9.97. The molecule has 19 heavy (non-hydrogen) atoms. The maximum atomic E-state index is 12.3. The number of hydrogen-bond acceptors (Lipinski definition) is 5. The van der Waals surface area contributed by atoms with Crippen LogP contribution in [0.25, 0.3) is 0 Å². The third-order valence-corrected chi connectivity index (χ3v) is 3.19. The van der Waals surface area contributed by atoms with Crippen molar-refractivity contribution < 1.29 is 19.2 Å². The number of Topliss-reactive ketones (excluding diaryl/α,β-unsaturated/α-hetero) is 1. The highest BCUT2D eigenvalue weighted by Gasteiger charge is 2.56. The van der Waals surface area contributed by atoms with E-state index < -0.39 is 23.8 Å². The number of anilines is 1. The minimum atomic E-state index is -1.01. The first kappa shape index (κ1) is 11.6. The molecule has 1 fully saturated rings. The van der Waals surface area contributed by atoms with Crippen molar-refractivity contribution in [2.24, 2.45) is 11.1 Å². The minimum absolute atomic E-state index is 0.0155. The number of fused-ring (bicyclic) bond motifs is 1. The number of amides is 2. The number of carbonyl (C=O) groups excluding carboxylic acids is 3. The Labute approximate surface area is 108 Å². The van der Waals surface area contributed by atoms with Gasteiger partial charge in [-0.3, -0.25) is 14.4 Å². The molecule has 0 aliphatic carbocycles. The normalized spacial score (nSPS) is 25.1. The zero-order chi connectivity index (χ0) is 13.6. The third kappa shape index (κ3) is 1.56. The Bertz CT molecular complexity index is 608. The largest absolute Gasteiger partial charge is 0.381 e. The summed E-state index contributed by atoms with van der Waals surface area (Å²) in [6, 6.07) is 8.55. The summed E-state index contributed by atoms with van der Waals surface area (Å²) in [6.45, 7) is 1.30. The fraction of sp³-hybridized carbons (Fsp3) is 0.231. The van der Waals surface area contributed by atoms with Gasteiger partial charge in [-0.05, 0) is 12.1 Å². The van der Waals surface area contributed by atoms with Gasteiger partial charge in [0.25, 0.3) is 5.91 Å². The Morgan fingerprint density at radius 1 is 1.21 bits per heavy atom. The van der Waals surface area contributed by atoms with Crippen LogP contribution in [0.3, 0.4) is 0 Å². The van der Waals surface area contributed by atoms with Crippen molar-refractivity contribution in [2.45, 2.75) is 13.0 Å². The summed E-state index contributed by atoms with van der Waals surface area (Å²) in [7, 11) is 0. The average Bonchev–Trinajstić information content (AvgIpc) is 2.93. The van der Waals surface area contributed by atoms with E-state index in [1.165, 1.54) is 6.92 Å². The Morgan fingerprint density at radius 3 is 2.53 bits per heavy atom. The van der Waals surface area contributed by atoms with Gasteiger partial charge in [0.05, 0.1) is 5.69 Å². The summed E-state index contributed by atoms with van der Waals surface area (Å²) in [5, 5.41) is 3.55. The molecule has 1 aromatic rings. The molecule has 0 bridgehead atoms. The standard InChI is InChI=1S/C13H10N2O4/c1-7(16)10-9-11(19-14-10)13(18)15(12(9)17)8-5-3-2-4-6-8/h2-6,9,11H,1H3/t9-,11-/m0/s1. The summed E-state index contributed by atoms with van der Waals surface area (Å²) in [5.74, 6) is -2.22. The number of imide groups is 1. The van der Waals surface area contributed by atoms with Crippen LogP contribution in [-0.2, 0) is 19.2 Å². The molecule has 6 heteroatoms. The van der Waals surface area contributed by atoms with Gasteiger partial charge < -0.3 is 4.84 Å². The van der Waals surface area contributed by atoms with E-state index in [1.807, 2.05) is 0 Å². The van der Waals surface area contributed by atoms with E-state index in [-0.39, 0.29) is 11.5 Å². The lowest BCUT2D eigenvalue weighted by Gasteiger charge is -2.14. The zero-order valence-corrected chi connectivity index (χ0v) is 10.1. The molecule has 96 valence electrons. The maximum absolute atomic E-state index is 12.3. The number of rotatable bonds is 2. The van der Waals surface area contributed by atoms with Gasteiger partial charge in [-0.25, -0.2) is 4.90 Å². The summed E-state index contributed by atoms with van der Waals surface area (Å²) in [6.07, 6.45) is -1.01. The van der Waals surface area contributed by atoms with Gasteiger partial charge in [0.2, 0.25) is 12.0 Å². The van der Waals surface area contributed by atoms with Crippen molar-refractivity contribution in [2.75, 3.05) is 4.90 Å². The number of nitrogens with zero attached hydrogens (tertiary/aromatic N) is 2. The monoisotopic (exact) mass is 258 g/mol. The smallest absolute Gasteiger partial charge is 0.278 e. The van der Waals surface area contributed by atoms with Crippen LogP contribution in [-0.4, -0.2) is 29.4 Å². The second-order valence-electron chi connectivity index (χ2n) is 4.38. The van der Waals surface area contributed by atoms with Gasteiger partial charge in [0, 0.05) is 6.92 Å². The lowest BCUT2D eigenvalue weighted by molar-refractivity contribution is -0.126. The van der Waals surface area contributed by atoms with Crippen LogP contribution in [0.15, 0.2) is 35.5 Å². The Kier molecular flexibility index (Phi) is 2.45. The fourth-order valence-electron chi connectivity index (χ4n) is 2.30. The molecule has 2 aliphatic rings. The van der Waals surface area contributed by atoms with Crippen LogP contribution >= 0.6 is 0 Å². The zero-order valence-electron chi connectivity index (χ0n) is 10.1. The van der Waals surface area contributed by atoms with Crippen LogP contribution in [0, 0.1) is 5.92 Å². The Balaban J connectivity index is 2.00. The summed E-state index contributed by atoms with van der Waals surface area (Å²) >= 11 is 0. The van der Waals surface area contributed by atoms with Gasteiger partial charge >= 0.3 is 0 Å². The van der Waals surface area contributed by atoms with E-state index in [9.17, 15) is 14.4 Å². The first-order valence-corrected chi connectivity index (χ1v) is 5.79. The molecule has 0 saturated carbocycles. The molecule has 0 spiro atoms. The van der Waals surface area contributed by atoms with Gasteiger partial charge in [-0.2, -0.15) is 0 Å². The minimum Gasteiger partial charge on any atom is -0.381 e. The molecule has 2 aliphatic heterocycles. The molecular weight excluding hydrogens is 248 g/mol. The van der Waals surface area contributed by atoms with Crippen LogP contribution in [0.1, 0.15) is 6.92 Å². The molecule has 2 heterocycles. The van der Waals surface area contributed by atoms with Crippen LogP contribution in [0.4, 0.5) is 5.69 Å². The molecule has 1 saturated heterocycles. The number of carbonyl (C=O) groups is 3. The Hall–Kier alpha value is -2.50. The van der Waals surface area contributed by atoms with E-state index in [0.717, 1.165) is 4.90 Å². The quantitative estimate of drug-likeness (QED) is 0.725. The number of benzene rings is 1. The van der Waals surface area contributed by atoms with Crippen molar-refractivity contribution in [3.63, 3.8) is 0 Å². The first-order valence-electron chi connectivity index (χ1n) is 5.79. The molecule has 1 aromatic carbocycles. The maximum Gasteiger partial charge on any atom is 0.278 e. The molecule has 2 amide bonds. The van der Waals surface area contributed by atoms with Crippen LogP contribution in [0.2, 0.25) is 0 Å². The van der Waals surface area contributed by atoms with Crippen molar-refractivity contribution >= 4 is 29.0 Å². The molecule has 0 radical (unpaired) electrons. The molecule has 0 unspecified atom stereocenters. The van der Waals surface area contributed by atoms with Crippen LogP contribution in [0.5, 0.6) is 0 Å². The summed E-state index contributed by atoms with van der Waals surface area (Å²) in [5.41, 5.74) is 0.486. The van der Waals surface area contributed by atoms with E-state index in [2.05, 4.69) is 5.16 Å². The molecule has 0 N–H and O–H groups in total. The molecule has 0 aromatic heterocycles. The topological polar surface area (TPSA) is 76.0 Å². The SMILES string of the molecule is CC(=O)C1=NO[C@@H]2C(=O)N(c3ccccc3)C(=O)[C@@H]12. The summed E-state index contributed by atoms with van der Waals surface area (Å²) < 4.78 is 0. The lowest BCUT2D eigenvalue weighted by Crippen LogP contribution is -2.33. The van der Waals surface area contributed by atoms with E-state index >= 15 is 0 Å². The second-order valence-corrected chi connectivity index (χ2v) is 4.38. The summed E-state index contributed by atoms with van der Waals surface area (Å²) in [4.78, 5) is 41.8.